The number of rotatable bonds is 4. The van der Waals surface area contributed by atoms with E-state index in [-0.39, 0.29) is 23.8 Å². The summed E-state index contributed by atoms with van der Waals surface area (Å²) in [6, 6.07) is 2.78. The quantitative estimate of drug-likeness (QED) is 0.860. The van der Waals surface area contributed by atoms with Crippen LogP contribution in [-0.4, -0.2) is 35.2 Å². The third-order valence-corrected chi connectivity index (χ3v) is 4.56. The number of carbonyl (C=O) groups is 2. The lowest BCUT2D eigenvalue weighted by molar-refractivity contribution is -0.122. The van der Waals surface area contributed by atoms with Crippen molar-refractivity contribution >= 4 is 34.6 Å². The van der Waals surface area contributed by atoms with Gasteiger partial charge in [-0.3, -0.25) is 14.5 Å². The molecule has 1 saturated heterocycles. The van der Waals surface area contributed by atoms with E-state index in [9.17, 15) is 9.59 Å². The molecule has 1 fully saturated rings. The third kappa shape index (κ3) is 2.58. The minimum absolute atomic E-state index is 0.0000463. The van der Waals surface area contributed by atoms with Crippen molar-refractivity contribution in [2.75, 3.05) is 6.54 Å². The molecule has 1 aliphatic rings. The molecule has 0 radical (unpaired) electrons. The molecule has 6 heteroatoms. The molecule has 2 heterocycles. The first-order valence-corrected chi connectivity index (χ1v) is 7.04. The van der Waals surface area contributed by atoms with Gasteiger partial charge < -0.3 is 5.73 Å². The van der Waals surface area contributed by atoms with E-state index in [1.165, 1.54) is 11.3 Å². The van der Waals surface area contributed by atoms with Gasteiger partial charge in [-0.05, 0) is 38.4 Å². The van der Waals surface area contributed by atoms with Gasteiger partial charge in [0, 0.05) is 0 Å². The molecule has 2 rings (SSSR count). The largest absolute Gasteiger partial charge is 0.368 e. The Kier molecular flexibility index (Phi) is 4.04. The lowest BCUT2D eigenvalue weighted by Crippen LogP contribution is -2.47. The van der Waals surface area contributed by atoms with Crippen molar-refractivity contribution in [1.29, 1.82) is 0 Å². The molecule has 98 valence electrons. The zero-order valence-electron chi connectivity index (χ0n) is 10.1. The highest BCUT2D eigenvalue weighted by Gasteiger charge is 2.35. The number of hydrogen-bond acceptors (Lipinski definition) is 4. The van der Waals surface area contributed by atoms with Gasteiger partial charge in [-0.1, -0.05) is 11.6 Å². The average molecular weight is 287 g/mol. The van der Waals surface area contributed by atoms with Crippen LogP contribution in [0.5, 0.6) is 0 Å². The predicted molar refractivity (Wildman–Crippen MR) is 72.0 cm³/mol. The predicted octanol–water partition coefficient (Wildman–Crippen LogP) is 1.92. The molecule has 0 aliphatic carbocycles. The van der Waals surface area contributed by atoms with Gasteiger partial charge in [0.2, 0.25) is 5.91 Å². The number of hydrogen-bond donors (Lipinski definition) is 1. The Hall–Kier alpha value is -0.910. The Bertz CT molecular complexity index is 474. The Morgan fingerprint density at radius 1 is 1.56 bits per heavy atom. The first-order valence-electron chi connectivity index (χ1n) is 5.85. The number of halogens is 1. The number of primary amides is 1. The molecule has 1 amide bonds. The van der Waals surface area contributed by atoms with Crippen molar-refractivity contribution in [2.24, 2.45) is 5.73 Å². The van der Waals surface area contributed by atoms with Crippen molar-refractivity contribution in [3.05, 3.63) is 21.3 Å². The smallest absolute Gasteiger partial charge is 0.234 e. The van der Waals surface area contributed by atoms with Crippen molar-refractivity contribution in [2.45, 2.75) is 31.8 Å². The number of amides is 1. The number of Topliss-reactive ketones (excluding diaryl/α,β-unsaturated/α-hetero) is 1. The van der Waals surface area contributed by atoms with E-state index in [0.717, 1.165) is 19.4 Å². The second-order valence-corrected chi connectivity index (χ2v) is 6.16. The summed E-state index contributed by atoms with van der Waals surface area (Å²) in [4.78, 5) is 26.1. The SMILES string of the molecule is CC(C(=O)c1ccc(Cl)s1)N1CCCC1C(N)=O. The summed E-state index contributed by atoms with van der Waals surface area (Å²) < 4.78 is 0.596. The molecule has 0 aromatic carbocycles. The Morgan fingerprint density at radius 3 is 2.83 bits per heavy atom. The van der Waals surface area contributed by atoms with Crippen molar-refractivity contribution in [1.82, 2.24) is 4.90 Å². The Balaban J connectivity index is 2.13. The molecular formula is C12H15ClN2O2S. The van der Waals surface area contributed by atoms with Crippen LogP contribution in [0.2, 0.25) is 4.34 Å². The van der Waals surface area contributed by atoms with Crippen LogP contribution in [0.4, 0.5) is 0 Å². The van der Waals surface area contributed by atoms with Crippen LogP contribution in [0.25, 0.3) is 0 Å². The number of nitrogens with two attached hydrogens (primary N) is 1. The number of thiophene rings is 1. The maximum Gasteiger partial charge on any atom is 0.234 e. The molecule has 2 N–H and O–H groups in total. The second-order valence-electron chi connectivity index (χ2n) is 4.44. The highest BCUT2D eigenvalue weighted by atomic mass is 35.5. The van der Waals surface area contributed by atoms with E-state index in [1.54, 1.807) is 12.1 Å². The lowest BCUT2D eigenvalue weighted by Gasteiger charge is -2.27. The fraction of sp³-hybridized carbons (Fsp3) is 0.500. The standard InChI is InChI=1S/C12H15ClN2O2S/c1-7(11(16)9-4-5-10(13)18-9)15-6-2-3-8(15)12(14)17/h4-5,7-8H,2-3,6H2,1H3,(H2,14,17). The van der Waals surface area contributed by atoms with Gasteiger partial charge in [-0.25, -0.2) is 0 Å². The van der Waals surface area contributed by atoms with E-state index < -0.39 is 0 Å². The summed E-state index contributed by atoms with van der Waals surface area (Å²) in [6.45, 7) is 2.55. The van der Waals surface area contributed by atoms with Crippen molar-refractivity contribution in [3.63, 3.8) is 0 Å². The average Bonchev–Trinajstić information content (AvgIpc) is 2.95. The van der Waals surface area contributed by atoms with Crippen LogP contribution in [-0.2, 0) is 4.79 Å². The zero-order valence-corrected chi connectivity index (χ0v) is 11.6. The van der Waals surface area contributed by atoms with Crippen LogP contribution in [0.15, 0.2) is 12.1 Å². The van der Waals surface area contributed by atoms with Gasteiger partial charge in [-0.15, -0.1) is 11.3 Å². The van der Waals surface area contributed by atoms with Crippen molar-refractivity contribution in [3.8, 4) is 0 Å². The molecule has 2 atom stereocenters. The van der Waals surface area contributed by atoms with Crippen LogP contribution in [0.3, 0.4) is 0 Å². The van der Waals surface area contributed by atoms with E-state index in [2.05, 4.69) is 0 Å². The molecule has 0 bridgehead atoms. The Labute approximate surface area is 115 Å². The summed E-state index contributed by atoms with van der Waals surface area (Å²) in [5.74, 6) is -0.351. The molecule has 1 aliphatic heterocycles. The van der Waals surface area contributed by atoms with Crippen LogP contribution >= 0.6 is 22.9 Å². The van der Waals surface area contributed by atoms with Crippen molar-refractivity contribution < 1.29 is 9.59 Å². The third-order valence-electron chi connectivity index (χ3n) is 3.32. The van der Waals surface area contributed by atoms with E-state index in [0.29, 0.717) is 9.21 Å². The maximum atomic E-state index is 12.3. The summed E-state index contributed by atoms with van der Waals surface area (Å²) in [7, 11) is 0. The zero-order chi connectivity index (χ0) is 13.3. The Morgan fingerprint density at radius 2 is 2.28 bits per heavy atom. The first kappa shape index (κ1) is 13.5. The summed E-state index contributed by atoms with van der Waals surface area (Å²) in [5, 5.41) is 0. The highest BCUT2D eigenvalue weighted by molar-refractivity contribution is 7.18. The summed E-state index contributed by atoms with van der Waals surface area (Å²) in [5.41, 5.74) is 5.36. The van der Waals surface area contributed by atoms with Gasteiger partial charge in [0.05, 0.1) is 21.3 Å². The topological polar surface area (TPSA) is 63.4 Å². The number of likely N-dealkylation sites (tertiary alicyclic amines) is 1. The first-order chi connectivity index (χ1) is 8.50. The monoisotopic (exact) mass is 286 g/mol. The minimum atomic E-state index is -0.351. The molecule has 2 unspecified atom stereocenters. The second kappa shape index (κ2) is 5.38. The summed E-state index contributed by atoms with van der Waals surface area (Å²) in [6.07, 6.45) is 1.63. The van der Waals surface area contributed by atoms with Gasteiger partial charge in [0.25, 0.3) is 0 Å². The van der Waals surface area contributed by atoms with E-state index in [1.807, 2.05) is 11.8 Å². The van der Waals surface area contributed by atoms with Crippen LogP contribution in [0, 0.1) is 0 Å². The minimum Gasteiger partial charge on any atom is -0.368 e. The molecule has 4 nitrogen and oxygen atoms in total. The van der Waals surface area contributed by atoms with E-state index in [4.69, 9.17) is 17.3 Å². The maximum absolute atomic E-state index is 12.3. The van der Waals surface area contributed by atoms with Crippen LogP contribution < -0.4 is 5.73 Å². The van der Waals surface area contributed by atoms with Crippen LogP contribution in [0.1, 0.15) is 29.4 Å². The molecule has 18 heavy (non-hydrogen) atoms. The van der Waals surface area contributed by atoms with Gasteiger partial charge in [0.1, 0.15) is 0 Å². The lowest BCUT2D eigenvalue weighted by atomic mass is 10.1. The summed E-state index contributed by atoms with van der Waals surface area (Å²) >= 11 is 7.09. The van der Waals surface area contributed by atoms with Gasteiger partial charge in [-0.2, -0.15) is 0 Å². The molecule has 1 aromatic heterocycles. The fourth-order valence-corrected chi connectivity index (χ4v) is 3.43. The molecular weight excluding hydrogens is 272 g/mol. The van der Waals surface area contributed by atoms with Gasteiger partial charge >= 0.3 is 0 Å². The number of nitrogens with zero attached hydrogens (tertiary/aromatic N) is 1. The number of carbonyl (C=O) groups excluding carboxylic acids is 2. The number of ketones is 1. The van der Waals surface area contributed by atoms with Gasteiger partial charge in [0.15, 0.2) is 5.78 Å². The van der Waals surface area contributed by atoms with E-state index >= 15 is 0 Å². The molecule has 0 saturated carbocycles. The fourth-order valence-electron chi connectivity index (χ4n) is 2.36. The normalized spacial score (nSPS) is 22.0. The highest BCUT2D eigenvalue weighted by Crippen LogP contribution is 2.26. The molecule has 0 spiro atoms. The molecule has 1 aromatic rings.